The Kier molecular flexibility index (Phi) is 3.91. The summed E-state index contributed by atoms with van der Waals surface area (Å²) in [6, 6.07) is 5.58. The Morgan fingerprint density at radius 2 is 2.43 bits per heavy atom. The molecule has 0 amide bonds. The molecule has 0 aromatic carbocycles. The van der Waals surface area contributed by atoms with Gasteiger partial charge in [-0.15, -0.1) is 0 Å². The van der Waals surface area contributed by atoms with Crippen molar-refractivity contribution in [3.63, 3.8) is 0 Å². The summed E-state index contributed by atoms with van der Waals surface area (Å²) in [6.45, 7) is 2.19. The van der Waals surface area contributed by atoms with Crippen molar-refractivity contribution in [1.29, 1.82) is 0 Å². The Morgan fingerprint density at radius 3 is 3.07 bits per heavy atom. The maximum Gasteiger partial charge on any atom is 0.0962 e. The van der Waals surface area contributed by atoms with Gasteiger partial charge in [0.15, 0.2) is 0 Å². The van der Waals surface area contributed by atoms with Gasteiger partial charge >= 0.3 is 0 Å². The van der Waals surface area contributed by atoms with E-state index in [-0.39, 0.29) is 12.6 Å². The third-order valence-corrected chi connectivity index (χ3v) is 1.89. The quantitative estimate of drug-likeness (QED) is 0.418. The summed E-state index contributed by atoms with van der Waals surface area (Å²) in [6.07, 6.45) is -0.0407. The lowest BCUT2D eigenvalue weighted by Crippen LogP contribution is -2.00. The average Bonchev–Trinajstić information content (AvgIpc) is 2.25. The second-order valence-corrected chi connectivity index (χ2v) is 2.82. The Balaban J connectivity index is 2.83. The summed E-state index contributed by atoms with van der Waals surface area (Å²) < 4.78 is 5.13. The van der Waals surface area contributed by atoms with Crippen molar-refractivity contribution in [3.8, 4) is 0 Å². The van der Waals surface area contributed by atoms with Gasteiger partial charge < -0.3 is 4.74 Å². The van der Waals surface area contributed by atoms with Gasteiger partial charge in [0.25, 0.3) is 0 Å². The molecule has 0 radical (unpaired) electrons. The van der Waals surface area contributed by atoms with Crippen molar-refractivity contribution in [1.82, 2.24) is 4.98 Å². The van der Waals surface area contributed by atoms with Crippen LogP contribution >= 0.6 is 0 Å². The fourth-order valence-corrected chi connectivity index (χ4v) is 1.04. The predicted molar refractivity (Wildman–Crippen MR) is 52.5 cm³/mol. The molecule has 74 valence electrons. The van der Waals surface area contributed by atoms with E-state index in [9.17, 15) is 0 Å². The van der Waals surface area contributed by atoms with Crippen molar-refractivity contribution in [2.75, 3.05) is 7.11 Å². The highest BCUT2D eigenvalue weighted by atomic mass is 16.5. The highest BCUT2D eigenvalue weighted by molar-refractivity contribution is 5.12. The molecular weight excluding hydrogens is 180 g/mol. The van der Waals surface area contributed by atoms with Crippen LogP contribution in [0.5, 0.6) is 0 Å². The molecule has 1 atom stereocenters. The number of hydrogen-bond donors (Lipinski definition) is 0. The van der Waals surface area contributed by atoms with Crippen LogP contribution in [0.1, 0.15) is 24.4 Å². The maximum atomic E-state index is 8.16. The first-order valence-electron chi connectivity index (χ1n) is 4.27. The number of rotatable bonds is 4. The van der Waals surface area contributed by atoms with Crippen LogP contribution in [0.25, 0.3) is 10.4 Å². The van der Waals surface area contributed by atoms with Crippen molar-refractivity contribution in [2.45, 2.75) is 19.6 Å². The first-order valence-corrected chi connectivity index (χ1v) is 4.27. The van der Waals surface area contributed by atoms with E-state index in [1.165, 1.54) is 0 Å². The number of aromatic nitrogens is 1. The molecule has 0 aliphatic carbocycles. The summed E-state index contributed by atoms with van der Waals surface area (Å²) in [5, 5.41) is 3.45. The molecule has 0 bridgehead atoms. The van der Waals surface area contributed by atoms with Crippen molar-refractivity contribution in [3.05, 3.63) is 40.0 Å². The highest BCUT2D eigenvalue weighted by Crippen LogP contribution is 2.13. The summed E-state index contributed by atoms with van der Waals surface area (Å²) in [5.74, 6) is 0. The van der Waals surface area contributed by atoms with Crippen molar-refractivity contribution in [2.24, 2.45) is 5.11 Å². The lowest BCUT2D eigenvalue weighted by molar-refractivity contribution is 0.116. The fraction of sp³-hybridized carbons (Fsp3) is 0.444. The predicted octanol–water partition coefficient (Wildman–Crippen LogP) is 2.60. The molecule has 1 aromatic rings. The summed E-state index contributed by atoms with van der Waals surface area (Å²) in [7, 11) is 1.63. The molecule has 1 aromatic heterocycles. The molecular formula is C9H12N4O. The lowest BCUT2D eigenvalue weighted by Gasteiger charge is -2.09. The monoisotopic (exact) mass is 192 g/mol. The SMILES string of the molecule is COC(C)c1cccc(CN=[N+]=[N-])n1. The Hall–Kier alpha value is -1.58. The normalized spacial score (nSPS) is 11.9. The first kappa shape index (κ1) is 10.5. The molecule has 0 saturated carbocycles. The smallest absolute Gasteiger partial charge is 0.0962 e. The van der Waals surface area contributed by atoms with Gasteiger partial charge in [0.1, 0.15) is 0 Å². The van der Waals surface area contributed by atoms with Gasteiger partial charge in [0.2, 0.25) is 0 Å². The molecule has 5 heteroatoms. The largest absolute Gasteiger partial charge is 0.375 e. The molecule has 0 aliphatic heterocycles. The van der Waals surface area contributed by atoms with Crippen LogP contribution in [0, 0.1) is 0 Å². The van der Waals surface area contributed by atoms with Gasteiger partial charge in [-0.2, -0.15) is 0 Å². The van der Waals surface area contributed by atoms with E-state index in [0.29, 0.717) is 0 Å². The number of methoxy groups -OCH3 is 1. The Bertz CT molecular complexity index is 346. The maximum absolute atomic E-state index is 8.16. The van der Waals surface area contributed by atoms with Crippen LogP contribution < -0.4 is 0 Å². The number of ether oxygens (including phenoxy) is 1. The molecule has 0 fully saturated rings. The van der Waals surface area contributed by atoms with E-state index in [0.717, 1.165) is 11.4 Å². The Morgan fingerprint density at radius 1 is 1.64 bits per heavy atom. The van der Waals surface area contributed by atoms with Gasteiger partial charge in [0, 0.05) is 17.7 Å². The molecule has 0 spiro atoms. The molecule has 0 aliphatic rings. The topological polar surface area (TPSA) is 70.9 Å². The molecule has 1 heterocycles. The summed E-state index contributed by atoms with van der Waals surface area (Å²) >= 11 is 0. The van der Waals surface area contributed by atoms with Crippen molar-refractivity contribution < 1.29 is 4.74 Å². The number of pyridine rings is 1. The van der Waals surface area contributed by atoms with Gasteiger partial charge in [-0.1, -0.05) is 11.2 Å². The van der Waals surface area contributed by atoms with Crippen LogP contribution in [-0.4, -0.2) is 12.1 Å². The minimum absolute atomic E-state index is 0.0407. The fourth-order valence-electron chi connectivity index (χ4n) is 1.04. The minimum Gasteiger partial charge on any atom is -0.375 e. The summed E-state index contributed by atoms with van der Waals surface area (Å²) in [4.78, 5) is 6.97. The second kappa shape index (κ2) is 5.21. The lowest BCUT2D eigenvalue weighted by atomic mass is 10.2. The average molecular weight is 192 g/mol. The van der Waals surface area contributed by atoms with E-state index in [1.54, 1.807) is 7.11 Å². The van der Waals surface area contributed by atoms with Crippen LogP contribution in [0.3, 0.4) is 0 Å². The van der Waals surface area contributed by atoms with Crippen LogP contribution in [0.15, 0.2) is 23.3 Å². The number of hydrogen-bond acceptors (Lipinski definition) is 3. The third-order valence-electron chi connectivity index (χ3n) is 1.89. The van der Waals surface area contributed by atoms with E-state index >= 15 is 0 Å². The van der Waals surface area contributed by atoms with Gasteiger partial charge in [0.05, 0.1) is 18.3 Å². The van der Waals surface area contributed by atoms with E-state index < -0.39 is 0 Å². The number of nitrogens with zero attached hydrogens (tertiary/aromatic N) is 4. The van der Waals surface area contributed by atoms with Crippen molar-refractivity contribution >= 4 is 0 Å². The zero-order valence-corrected chi connectivity index (χ0v) is 8.21. The third kappa shape index (κ3) is 2.73. The molecule has 5 nitrogen and oxygen atoms in total. The van der Waals surface area contributed by atoms with E-state index in [1.807, 2.05) is 25.1 Å². The Labute approximate surface area is 82.4 Å². The standard InChI is InChI=1S/C9H12N4O/c1-7(14-2)9-5-3-4-8(12-9)6-11-13-10/h3-5,7H,6H2,1-2H3. The molecule has 1 rings (SSSR count). The van der Waals surface area contributed by atoms with Crippen LogP contribution in [-0.2, 0) is 11.3 Å². The van der Waals surface area contributed by atoms with E-state index in [2.05, 4.69) is 15.0 Å². The van der Waals surface area contributed by atoms with Crippen LogP contribution in [0.2, 0.25) is 0 Å². The molecule has 0 saturated heterocycles. The first-order chi connectivity index (χ1) is 6.77. The zero-order chi connectivity index (χ0) is 10.4. The van der Waals surface area contributed by atoms with Crippen LogP contribution in [0.4, 0.5) is 0 Å². The zero-order valence-electron chi connectivity index (χ0n) is 8.21. The molecule has 1 unspecified atom stereocenters. The second-order valence-electron chi connectivity index (χ2n) is 2.82. The number of azide groups is 1. The van der Waals surface area contributed by atoms with Gasteiger partial charge in [-0.05, 0) is 24.6 Å². The minimum atomic E-state index is -0.0407. The molecule has 0 N–H and O–H groups in total. The molecule has 14 heavy (non-hydrogen) atoms. The van der Waals surface area contributed by atoms with Gasteiger partial charge in [-0.25, -0.2) is 0 Å². The highest BCUT2D eigenvalue weighted by Gasteiger charge is 2.04. The summed E-state index contributed by atoms with van der Waals surface area (Å²) in [5.41, 5.74) is 9.76. The van der Waals surface area contributed by atoms with E-state index in [4.69, 9.17) is 10.3 Å². The van der Waals surface area contributed by atoms with Gasteiger partial charge in [-0.3, -0.25) is 4.98 Å².